The summed E-state index contributed by atoms with van der Waals surface area (Å²) in [6.07, 6.45) is -0.0324. The van der Waals surface area contributed by atoms with Gasteiger partial charge in [0.25, 0.3) is 11.5 Å². The van der Waals surface area contributed by atoms with Crippen LogP contribution in [0.25, 0.3) is 11.3 Å². The lowest BCUT2D eigenvalue weighted by Gasteiger charge is -2.17. The second-order valence-corrected chi connectivity index (χ2v) is 7.50. The molecule has 34 heavy (non-hydrogen) atoms. The van der Waals surface area contributed by atoms with E-state index in [1.807, 2.05) is 6.07 Å². The van der Waals surface area contributed by atoms with Gasteiger partial charge in [-0.1, -0.05) is 12.1 Å². The summed E-state index contributed by atoms with van der Waals surface area (Å²) in [6.45, 7) is -0.960. The van der Waals surface area contributed by atoms with Crippen LogP contribution in [0.15, 0.2) is 41.3 Å². The lowest BCUT2D eigenvalue weighted by atomic mass is 10.1. The van der Waals surface area contributed by atoms with E-state index in [-0.39, 0.29) is 36.4 Å². The Morgan fingerprint density at radius 3 is 2.71 bits per heavy atom. The number of aromatic nitrogens is 4. The summed E-state index contributed by atoms with van der Waals surface area (Å²) in [7, 11) is 2.80. The third-order valence-corrected chi connectivity index (χ3v) is 5.30. The molecule has 3 aromatic rings. The average molecular weight is 470 g/mol. The predicted molar refractivity (Wildman–Crippen MR) is 116 cm³/mol. The van der Waals surface area contributed by atoms with Gasteiger partial charge < -0.3 is 19.1 Å². The molecule has 0 saturated carbocycles. The van der Waals surface area contributed by atoms with Crippen LogP contribution in [-0.2, 0) is 11.3 Å². The lowest BCUT2D eigenvalue weighted by Crippen LogP contribution is -2.34. The fraction of sp³-hybridized carbons (Fsp3) is 0.318. The Hall–Kier alpha value is -4.11. The Morgan fingerprint density at radius 1 is 1.26 bits per heavy atom. The molecule has 1 atom stereocenters. The SMILES string of the molecule is COc1ncc(-c2cc(N3CC(OCc4ccc(C#N)cc4)C(F)(F)C3)c(=O)[nH]n2)c(OC)n1. The number of methoxy groups -OCH3 is 2. The number of alkyl halides is 2. The van der Waals surface area contributed by atoms with Crippen LogP contribution in [0.4, 0.5) is 14.5 Å². The number of nitrogens with zero attached hydrogens (tertiary/aromatic N) is 5. The van der Waals surface area contributed by atoms with E-state index < -0.39 is 24.1 Å². The summed E-state index contributed by atoms with van der Waals surface area (Å²) in [4.78, 5) is 21.8. The van der Waals surface area contributed by atoms with E-state index in [1.54, 1.807) is 24.3 Å². The summed E-state index contributed by atoms with van der Waals surface area (Å²) < 4.78 is 45.2. The predicted octanol–water partition coefficient (Wildman–Crippen LogP) is 2.16. The van der Waals surface area contributed by atoms with Gasteiger partial charge in [-0.15, -0.1) is 0 Å². The topological polar surface area (TPSA) is 126 Å². The van der Waals surface area contributed by atoms with E-state index in [1.165, 1.54) is 31.4 Å². The van der Waals surface area contributed by atoms with E-state index in [0.717, 1.165) is 0 Å². The van der Waals surface area contributed by atoms with Gasteiger partial charge in [-0.3, -0.25) is 4.79 Å². The largest absolute Gasteiger partial charge is 0.480 e. The minimum atomic E-state index is -3.19. The summed E-state index contributed by atoms with van der Waals surface area (Å²) in [5.74, 6) is -3.05. The zero-order valence-electron chi connectivity index (χ0n) is 18.3. The molecular formula is C22H20F2N6O4. The van der Waals surface area contributed by atoms with E-state index in [4.69, 9.17) is 19.5 Å². The molecule has 3 heterocycles. The molecule has 4 rings (SSSR count). The van der Waals surface area contributed by atoms with Crippen LogP contribution < -0.4 is 19.9 Å². The molecule has 0 bridgehead atoms. The first kappa shape index (κ1) is 23.1. The molecule has 1 N–H and O–H groups in total. The molecule has 0 aliphatic carbocycles. The first-order chi connectivity index (χ1) is 16.3. The van der Waals surface area contributed by atoms with Crippen LogP contribution in [0.1, 0.15) is 11.1 Å². The van der Waals surface area contributed by atoms with Crippen LogP contribution in [-0.4, -0.2) is 59.5 Å². The molecule has 12 heteroatoms. The first-order valence-electron chi connectivity index (χ1n) is 10.1. The van der Waals surface area contributed by atoms with Crippen molar-refractivity contribution in [2.24, 2.45) is 0 Å². The molecule has 1 unspecified atom stereocenters. The number of hydrogen-bond acceptors (Lipinski definition) is 9. The van der Waals surface area contributed by atoms with Gasteiger partial charge in [-0.2, -0.15) is 15.3 Å². The summed E-state index contributed by atoms with van der Waals surface area (Å²) in [6, 6.07) is 9.93. The van der Waals surface area contributed by atoms with Crippen molar-refractivity contribution >= 4 is 5.69 Å². The van der Waals surface area contributed by atoms with Crippen LogP contribution in [0, 0.1) is 11.3 Å². The third kappa shape index (κ3) is 4.65. The van der Waals surface area contributed by atoms with Crippen molar-refractivity contribution in [1.82, 2.24) is 20.2 Å². The Labute approximate surface area is 192 Å². The number of benzene rings is 1. The molecule has 1 fully saturated rings. The number of nitriles is 1. The van der Waals surface area contributed by atoms with Crippen LogP contribution >= 0.6 is 0 Å². The Balaban J connectivity index is 1.55. The van der Waals surface area contributed by atoms with Crippen molar-refractivity contribution in [3.05, 3.63) is 58.0 Å². The van der Waals surface area contributed by atoms with Gasteiger partial charge in [0.1, 0.15) is 11.8 Å². The van der Waals surface area contributed by atoms with Crippen molar-refractivity contribution in [1.29, 1.82) is 5.26 Å². The highest BCUT2D eigenvalue weighted by atomic mass is 19.3. The van der Waals surface area contributed by atoms with Gasteiger partial charge >= 0.3 is 6.01 Å². The van der Waals surface area contributed by atoms with E-state index in [0.29, 0.717) is 16.7 Å². The lowest BCUT2D eigenvalue weighted by molar-refractivity contribution is -0.110. The molecule has 176 valence electrons. The Bertz CT molecular complexity index is 1280. The fourth-order valence-corrected chi connectivity index (χ4v) is 3.53. The van der Waals surface area contributed by atoms with Crippen LogP contribution in [0.3, 0.4) is 0 Å². The van der Waals surface area contributed by atoms with Crippen LogP contribution in [0.5, 0.6) is 11.9 Å². The zero-order chi connectivity index (χ0) is 24.3. The number of rotatable bonds is 7. The fourth-order valence-electron chi connectivity index (χ4n) is 3.53. The highest BCUT2D eigenvalue weighted by Gasteiger charge is 2.49. The normalized spacial score (nSPS) is 16.8. The van der Waals surface area contributed by atoms with Crippen molar-refractivity contribution in [3.63, 3.8) is 0 Å². The van der Waals surface area contributed by atoms with E-state index in [9.17, 15) is 13.6 Å². The standard InChI is InChI=1S/C22H20F2N6O4/c1-32-20-15(9-26-21(27-20)33-2)16-7-17(19(31)29-28-16)30-10-18(22(23,24)12-30)34-11-14-5-3-13(8-25)4-6-14/h3-7,9,18H,10-12H2,1-2H3,(H,29,31). The highest BCUT2D eigenvalue weighted by molar-refractivity contribution is 5.67. The summed E-state index contributed by atoms with van der Waals surface area (Å²) in [5, 5.41) is 15.2. The third-order valence-electron chi connectivity index (χ3n) is 5.30. The van der Waals surface area contributed by atoms with Gasteiger partial charge in [-0.05, 0) is 23.8 Å². The molecule has 1 aliphatic heterocycles. The molecule has 1 aromatic carbocycles. The van der Waals surface area contributed by atoms with Crippen molar-refractivity contribution < 1.29 is 23.0 Å². The molecule has 1 saturated heterocycles. The number of ether oxygens (including phenoxy) is 3. The summed E-state index contributed by atoms with van der Waals surface area (Å²) >= 11 is 0. The molecule has 1 aliphatic rings. The molecule has 0 amide bonds. The van der Waals surface area contributed by atoms with E-state index >= 15 is 0 Å². The first-order valence-corrected chi connectivity index (χ1v) is 10.1. The Morgan fingerprint density at radius 2 is 2.03 bits per heavy atom. The van der Waals surface area contributed by atoms with Gasteiger partial charge in [0.2, 0.25) is 5.88 Å². The molecule has 10 nitrogen and oxygen atoms in total. The zero-order valence-corrected chi connectivity index (χ0v) is 18.3. The maximum Gasteiger partial charge on any atom is 0.319 e. The van der Waals surface area contributed by atoms with Gasteiger partial charge in [-0.25, -0.2) is 18.9 Å². The second-order valence-electron chi connectivity index (χ2n) is 7.50. The number of anilines is 1. The number of H-pyrrole nitrogens is 1. The number of nitrogens with one attached hydrogen (secondary N) is 1. The van der Waals surface area contributed by atoms with Crippen molar-refractivity contribution in [2.45, 2.75) is 18.6 Å². The van der Waals surface area contributed by atoms with Gasteiger partial charge in [0.05, 0.1) is 56.8 Å². The molecule has 0 radical (unpaired) electrons. The molecular weight excluding hydrogens is 450 g/mol. The van der Waals surface area contributed by atoms with Crippen LogP contribution in [0.2, 0.25) is 0 Å². The maximum absolute atomic E-state index is 14.7. The second kappa shape index (κ2) is 9.40. The quantitative estimate of drug-likeness (QED) is 0.553. The van der Waals surface area contributed by atoms with E-state index in [2.05, 4.69) is 20.2 Å². The highest BCUT2D eigenvalue weighted by Crippen LogP contribution is 2.34. The van der Waals surface area contributed by atoms with Gasteiger partial charge in [0.15, 0.2) is 0 Å². The average Bonchev–Trinajstić information content (AvgIpc) is 3.16. The van der Waals surface area contributed by atoms with Gasteiger partial charge in [0, 0.05) is 6.20 Å². The summed E-state index contributed by atoms with van der Waals surface area (Å²) in [5.41, 5.74) is 1.09. The molecule has 0 spiro atoms. The minimum absolute atomic E-state index is 0.00650. The number of halogens is 2. The smallest absolute Gasteiger partial charge is 0.319 e. The maximum atomic E-state index is 14.7. The van der Waals surface area contributed by atoms with Crippen molar-refractivity contribution in [3.8, 4) is 29.2 Å². The minimum Gasteiger partial charge on any atom is -0.480 e. The number of hydrogen-bond donors (Lipinski definition) is 1. The van der Waals surface area contributed by atoms with Crippen molar-refractivity contribution in [2.75, 3.05) is 32.2 Å². The Kier molecular flexibility index (Phi) is 6.38. The monoisotopic (exact) mass is 470 g/mol. The number of aromatic amines is 1. The molecule has 2 aromatic heterocycles.